The van der Waals surface area contributed by atoms with Crippen LogP contribution in [0.4, 0.5) is 5.69 Å². The number of ether oxygens (including phenoxy) is 2. The summed E-state index contributed by atoms with van der Waals surface area (Å²) in [6.07, 6.45) is 3.78. The van der Waals surface area contributed by atoms with Gasteiger partial charge in [-0.2, -0.15) is 5.10 Å². The molecule has 0 aliphatic carbocycles. The molecule has 0 atom stereocenters. The number of methoxy groups -OCH3 is 1. The second-order valence-corrected chi connectivity index (χ2v) is 5.84. The number of allylic oxidation sites excluding steroid dienone is 1. The van der Waals surface area contributed by atoms with E-state index in [0.717, 1.165) is 16.7 Å². The third-order valence-electron chi connectivity index (χ3n) is 3.70. The number of non-ortho nitro benzene ring substituents is 1. The molecule has 8 nitrogen and oxygen atoms in total. The molecule has 2 aromatic carbocycles. The van der Waals surface area contributed by atoms with E-state index < -0.39 is 4.92 Å². The minimum absolute atomic E-state index is 0.0245. The Balaban J connectivity index is 2.25. The molecule has 0 fully saturated rings. The van der Waals surface area contributed by atoms with Crippen molar-refractivity contribution in [3.8, 4) is 11.5 Å². The van der Waals surface area contributed by atoms with Gasteiger partial charge in [0.2, 0.25) is 5.91 Å². The Labute approximate surface area is 162 Å². The Kier molecular flexibility index (Phi) is 7.27. The Hall–Kier alpha value is -3.68. The number of rotatable bonds is 9. The van der Waals surface area contributed by atoms with Crippen molar-refractivity contribution in [3.05, 3.63) is 75.9 Å². The summed E-state index contributed by atoms with van der Waals surface area (Å²) in [4.78, 5) is 21.2. The van der Waals surface area contributed by atoms with Crippen molar-refractivity contribution in [3.63, 3.8) is 0 Å². The molecule has 0 heterocycles. The lowest BCUT2D eigenvalue weighted by molar-refractivity contribution is -0.384. The Bertz CT molecular complexity index is 891. The van der Waals surface area contributed by atoms with Crippen LogP contribution >= 0.6 is 0 Å². The number of carbonyl (C=O) groups is 1. The summed E-state index contributed by atoms with van der Waals surface area (Å²) in [6.45, 7) is 5.35. The van der Waals surface area contributed by atoms with Crippen molar-refractivity contribution in [2.75, 3.05) is 7.11 Å². The van der Waals surface area contributed by atoms with Gasteiger partial charge in [0.15, 0.2) is 11.5 Å². The van der Waals surface area contributed by atoms with Crippen LogP contribution in [0.1, 0.15) is 23.6 Å². The fraction of sp³-hybridized carbons (Fsp3) is 0.200. The number of hydrogen-bond donors (Lipinski definition) is 1. The molecule has 0 aliphatic heterocycles. The van der Waals surface area contributed by atoms with Crippen LogP contribution in [0.2, 0.25) is 0 Å². The van der Waals surface area contributed by atoms with E-state index in [9.17, 15) is 14.9 Å². The molecule has 0 aromatic heterocycles. The van der Waals surface area contributed by atoms with Crippen molar-refractivity contribution in [1.82, 2.24) is 5.43 Å². The molecule has 2 rings (SSSR count). The van der Waals surface area contributed by atoms with Crippen LogP contribution < -0.4 is 14.9 Å². The quantitative estimate of drug-likeness (QED) is 0.309. The molecule has 0 aliphatic rings. The maximum absolute atomic E-state index is 10.9. The predicted octanol–water partition coefficient (Wildman–Crippen LogP) is 3.38. The normalized spacial score (nSPS) is 10.5. The first-order chi connectivity index (χ1) is 13.4. The molecule has 0 spiro atoms. The number of carbonyl (C=O) groups excluding carboxylic acids is 1. The Morgan fingerprint density at radius 1 is 1.32 bits per heavy atom. The highest BCUT2D eigenvalue weighted by Gasteiger charge is 2.13. The number of benzene rings is 2. The predicted molar refractivity (Wildman–Crippen MR) is 106 cm³/mol. The lowest BCUT2D eigenvalue weighted by Gasteiger charge is -2.15. The number of hydrazone groups is 1. The van der Waals surface area contributed by atoms with E-state index in [0.29, 0.717) is 17.9 Å². The van der Waals surface area contributed by atoms with Crippen LogP contribution in [0.15, 0.2) is 54.2 Å². The highest BCUT2D eigenvalue weighted by atomic mass is 16.6. The van der Waals surface area contributed by atoms with Gasteiger partial charge in [0.1, 0.15) is 6.61 Å². The van der Waals surface area contributed by atoms with E-state index >= 15 is 0 Å². The number of nitrogens with zero attached hydrogens (tertiary/aromatic N) is 2. The van der Waals surface area contributed by atoms with Gasteiger partial charge in [0.05, 0.1) is 18.2 Å². The summed E-state index contributed by atoms with van der Waals surface area (Å²) in [7, 11) is 1.53. The van der Waals surface area contributed by atoms with E-state index in [1.165, 1.54) is 32.4 Å². The summed E-state index contributed by atoms with van der Waals surface area (Å²) in [6, 6.07) is 9.76. The number of nitro benzene ring substituents is 1. The van der Waals surface area contributed by atoms with Gasteiger partial charge in [-0.05, 0) is 41.8 Å². The minimum atomic E-state index is -0.447. The first-order valence-electron chi connectivity index (χ1n) is 8.42. The van der Waals surface area contributed by atoms with Crippen LogP contribution in [-0.4, -0.2) is 24.2 Å². The second-order valence-electron chi connectivity index (χ2n) is 5.84. The molecular weight excluding hydrogens is 362 g/mol. The van der Waals surface area contributed by atoms with Crippen molar-refractivity contribution in [2.45, 2.75) is 20.0 Å². The lowest BCUT2D eigenvalue weighted by Crippen LogP contribution is -2.12. The largest absolute Gasteiger partial charge is 0.493 e. The fourth-order valence-corrected chi connectivity index (χ4v) is 2.45. The number of nitrogens with one attached hydrogen (secondary N) is 1. The van der Waals surface area contributed by atoms with Gasteiger partial charge in [0.25, 0.3) is 5.69 Å². The van der Waals surface area contributed by atoms with Crippen molar-refractivity contribution < 1.29 is 19.2 Å². The summed E-state index contributed by atoms with van der Waals surface area (Å²) < 4.78 is 11.4. The van der Waals surface area contributed by atoms with Gasteiger partial charge < -0.3 is 9.47 Å². The first kappa shape index (κ1) is 20.6. The summed E-state index contributed by atoms with van der Waals surface area (Å²) >= 11 is 0. The van der Waals surface area contributed by atoms with Gasteiger partial charge in [-0.25, -0.2) is 5.43 Å². The Morgan fingerprint density at radius 2 is 2.04 bits per heavy atom. The van der Waals surface area contributed by atoms with E-state index in [1.807, 2.05) is 6.07 Å². The molecular formula is C20H21N3O5. The summed E-state index contributed by atoms with van der Waals surface area (Å²) in [5, 5.41) is 14.6. The molecule has 28 heavy (non-hydrogen) atoms. The van der Waals surface area contributed by atoms with Crippen molar-refractivity contribution in [2.24, 2.45) is 5.10 Å². The lowest BCUT2D eigenvalue weighted by atomic mass is 10.1. The third-order valence-corrected chi connectivity index (χ3v) is 3.70. The molecule has 0 saturated heterocycles. The van der Waals surface area contributed by atoms with Crippen LogP contribution in [0.25, 0.3) is 0 Å². The zero-order valence-electron chi connectivity index (χ0n) is 15.7. The van der Waals surface area contributed by atoms with Crippen LogP contribution in [0, 0.1) is 10.1 Å². The maximum Gasteiger partial charge on any atom is 0.269 e. The van der Waals surface area contributed by atoms with Gasteiger partial charge in [-0.3, -0.25) is 14.9 Å². The van der Waals surface area contributed by atoms with Crippen molar-refractivity contribution >= 4 is 17.8 Å². The number of amides is 1. The van der Waals surface area contributed by atoms with E-state index in [-0.39, 0.29) is 18.2 Å². The number of hydrogen-bond acceptors (Lipinski definition) is 6. The monoisotopic (exact) mass is 383 g/mol. The summed E-state index contributed by atoms with van der Waals surface area (Å²) in [5.74, 6) is 0.792. The van der Waals surface area contributed by atoms with Crippen LogP contribution in [-0.2, 0) is 17.8 Å². The van der Waals surface area contributed by atoms with Gasteiger partial charge in [-0.1, -0.05) is 6.08 Å². The molecule has 0 bridgehead atoms. The van der Waals surface area contributed by atoms with Crippen molar-refractivity contribution in [1.29, 1.82) is 0 Å². The average molecular weight is 383 g/mol. The first-order valence-corrected chi connectivity index (χ1v) is 8.42. The highest BCUT2D eigenvalue weighted by Crippen LogP contribution is 2.34. The molecule has 0 radical (unpaired) electrons. The number of nitro groups is 1. The second kappa shape index (κ2) is 9.86. The van der Waals surface area contributed by atoms with E-state index in [1.54, 1.807) is 24.3 Å². The zero-order valence-corrected chi connectivity index (χ0v) is 15.7. The summed E-state index contributed by atoms with van der Waals surface area (Å²) in [5.41, 5.74) is 4.72. The van der Waals surface area contributed by atoms with Gasteiger partial charge >= 0.3 is 0 Å². The molecule has 2 aromatic rings. The highest BCUT2D eigenvalue weighted by molar-refractivity contribution is 5.83. The van der Waals surface area contributed by atoms with Gasteiger partial charge in [-0.15, -0.1) is 6.58 Å². The minimum Gasteiger partial charge on any atom is -0.493 e. The third kappa shape index (κ3) is 5.66. The van der Waals surface area contributed by atoms with Gasteiger partial charge in [0, 0.05) is 24.6 Å². The standard InChI is InChI=1S/C20H21N3O5/c1-4-5-17-10-16(12-21-22-14(2)24)11-19(27-3)20(17)28-13-15-6-8-18(9-7-15)23(25)26/h4,6-12H,1,5,13H2,2-3H3,(H,22,24)/b21-12-. The molecule has 0 saturated carbocycles. The van der Waals surface area contributed by atoms with E-state index in [4.69, 9.17) is 9.47 Å². The maximum atomic E-state index is 10.9. The van der Waals surface area contributed by atoms with Crippen LogP contribution in [0.5, 0.6) is 11.5 Å². The zero-order chi connectivity index (χ0) is 20.5. The molecule has 8 heteroatoms. The average Bonchev–Trinajstić information content (AvgIpc) is 2.67. The SMILES string of the molecule is C=CCc1cc(/C=N\NC(C)=O)cc(OC)c1OCc1ccc([N+](=O)[O-])cc1. The smallest absolute Gasteiger partial charge is 0.269 e. The molecule has 1 amide bonds. The molecule has 1 N–H and O–H groups in total. The fourth-order valence-electron chi connectivity index (χ4n) is 2.45. The molecule has 0 unspecified atom stereocenters. The topological polar surface area (TPSA) is 103 Å². The van der Waals surface area contributed by atoms with E-state index in [2.05, 4.69) is 17.1 Å². The molecule has 146 valence electrons. The van der Waals surface area contributed by atoms with Crippen LogP contribution in [0.3, 0.4) is 0 Å². The Morgan fingerprint density at radius 3 is 2.61 bits per heavy atom.